The normalized spacial score (nSPS) is 33.6. The van der Waals surface area contributed by atoms with Gasteiger partial charge in [0.05, 0.1) is 6.10 Å². The van der Waals surface area contributed by atoms with Crippen LogP contribution in [-0.4, -0.2) is 29.1 Å². The third-order valence-electron chi connectivity index (χ3n) is 4.81. The highest BCUT2D eigenvalue weighted by Crippen LogP contribution is 2.43. The third kappa shape index (κ3) is 2.07. The zero-order chi connectivity index (χ0) is 12.7. The zero-order valence-corrected chi connectivity index (χ0v) is 11.5. The van der Waals surface area contributed by atoms with Crippen molar-refractivity contribution < 1.29 is 5.11 Å². The zero-order valence-electron chi connectivity index (χ0n) is 10.7. The summed E-state index contributed by atoms with van der Waals surface area (Å²) in [4.78, 5) is 2.50. The number of rotatable bonds is 2. The molecule has 0 radical (unpaired) electrons. The molecule has 2 fully saturated rings. The summed E-state index contributed by atoms with van der Waals surface area (Å²) in [7, 11) is 2.22. The minimum absolute atomic E-state index is 0.360. The van der Waals surface area contributed by atoms with Crippen LogP contribution < -0.4 is 0 Å². The van der Waals surface area contributed by atoms with E-state index in [1.54, 1.807) is 0 Å². The minimum Gasteiger partial charge on any atom is -0.388 e. The Bertz CT molecular complexity index is 422. The second-order valence-electron chi connectivity index (χ2n) is 5.75. The highest BCUT2D eigenvalue weighted by molar-refractivity contribution is 6.31. The number of piperidine rings is 1. The predicted molar refractivity (Wildman–Crippen MR) is 73.7 cm³/mol. The van der Waals surface area contributed by atoms with Gasteiger partial charge in [-0.3, -0.25) is 0 Å². The summed E-state index contributed by atoms with van der Waals surface area (Å²) in [5.41, 5.74) is 0.896. The Morgan fingerprint density at radius 3 is 2.44 bits per heavy atom. The van der Waals surface area contributed by atoms with Gasteiger partial charge in [0, 0.05) is 17.1 Å². The highest BCUT2D eigenvalue weighted by atomic mass is 35.5. The average Bonchev–Trinajstić information content (AvgIpc) is 2.61. The maximum atomic E-state index is 10.6. The van der Waals surface area contributed by atoms with Crippen LogP contribution in [0.15, 0.2) is 24.3 Å². The molecule has 3 atom stereocenters. The fourth-order valence-corrected chi connectivity index (χ4v) is 3.93. The highest BCUT2D eigenvalue weighted by Gasteiger charge is 2.41. The smallest absolute Gasteiger partial charge is 0.0833 e. The lowest BCUT2D eigenvalue weighted by Crippen LogP contribution is -2.41. The van der Waals surface area contributed by atoms with Crippen molar-refractivity contribution in [1.82, 2.24) is 4.90 Å². The van der Waals surface area contributed by atoms with Gasteiger partial charge in [0.2, 0.25) is 0 Å². The van der Waals surface area contributed by atoms with Gasteiger partial charge in [0.15, 0.2) is 0 Å². The van der Waals surface area contributed by atoms with Crippen molar-refractivity contribution in [2.24, 2.45) is 5.92 Å². The van der Waals surface area contributed by atoms with Gasteiger partial charge in [-0.2, -0.15) is 0 Å². The number of aliphatic hydroxyl groups excluding tert-OH is 1. The lowest BCUT2D eigenvalue weighted by atomic mass is 9.84. The van der Waals surface area contributed by atoms with Gasteiger partial charge in [-0.15, -0.1) is 0 Å². The lowest BCUT2D eigenvalue weighted by Gasteiger charge is -2.38. The minimum atomic E-state index is -0.407. The molecule has 2 nitrogen and oxygen atoms in total. The summed E-state index contributed by atoms with van der Waals surface area (Å²) >= 11 is 6.18. The maximum absolute atomic E-state index is 10.6. The molecule has 2 saturated heterocycles. The van der Waals surface area contributed by atoms with E-state index in [9.17, 15) is 5.11 Å². The molecule has 3 heteroatoms. The molecule has 3 unspecified atom stereocenters. The molecule has 2 bridgehead atoms. The van der Waals surface area contributed by atoms with Crippen molar-refractivity contribution in [1.29, 1.82) is 0 Å². The first kappa shape index (κ1) is 12.5. The molecule has 18 heavy (non-hydrogen) atoms. The maximum Gasteiger partial charge on any atom is 0.0833 e. The standard InChI is InChI=1S/C15H20ClNO/c1-17-11-6-7-12(17)9-10(8-11)15(18)13-4-2-3-5-14(13)16/h2-5,10-12,15,18H,6-9H2,1H3. The van der Waals surface area contributed by atoms with Gasteiger partial charge in [-0.05, 0) is 50.3 Å². The van der Waals surface area contributed by atoms with E-state index in [0.717, 1.165) is 18.4 Å². The topological polar surface area (TPSA) is 23.5 Å². The fourth-order valence-electron chi connectivity index (χ4n) is 3.68. The van der Waals surface area contributed by atoms with Crippen LogP contribution >= 0.6 is 11.6 Å². The molecular weight excluding hydrogens is 246 g/mol. The Morgan fingerprint density at radius 2 is 1.83 bits per heavy atom. The van der Waals surface area contributed by atoms with Crippen LogP contribution in [0.5, 0.6) is 0 Å². The number of benzene rings is 1. The van der Waals surface area contributed by atoms with E-state index in [0.29, 0.717) is 23.0 Å². The molecule has 1 N–H and O–H groups in total. The number of hydrogen-bond acceptors (Lipinski definition) is 2. The molecule has 1 aromatic carbocycles. The first-order chi connectivity index (χ1) is 8.66. The van der Waals surface area contributed by atoms with Crippen LogP contribution in [0.25, 0.3) is 0 Å². The van der Waals surface area contributed by atoms with Crippen molar-refractivity contribution in [2.45, 2.75) is 43.9 Å². The van der Waals surface area contributed by atoms with Gasteiger partial charge in [0.1, 0.15) is 0 Å². The third-order valence-corrected chi connectivity index (χ3v) is 5.15. The van der Waals surface area contributed by atoms with E-state index >= 15 is 0 Å². The summed E-state index contributed by atoms with van der Waals surface area (Å²) in [6.45, 7) is 0. The fraction of sp³-hybridized carbons (Fsp3) is 0.600. The van der Waals surface area contributed by atoms with Crippen molar-refractivity contribution >= 4 is 11.6 Å². The quantitative estimate of drug-likeness (QED) is 0.887. The van der Waals surface area contributed by atoms with Crippen LogP contribution in [0.3, 0.4) is 0 Å². The summed E-state index contributed by atoms with van der Waals surface area (Å²) in [6, 6.07) is 9.00. The molecule has 98 valence electrons. The first-order valence-corrected chi connectivity index (χ1v) is 7.19. The summed E-state index contributed by atoms with van der Waals surface area (Å²) in [5, 5.41) is 11.3. The first-order valence-electron chi connectivity index (χ1n) is 6.81. The number of nitrogens with zero attached hydrogens (tertiary/aromatic N) is 1. The molecule has 3 rings (SSSR count). The van der Waals surface area contributed by atoms with E-state index in [4.69, 9.17) is 11.6 Å². The molecule has 1 aromatic rings. The van der Waals surface area contributed by atoms with Crippen LogP contribution in [0.2, 0.25) is 5.02 Å². The second kappa shape index (κ2) is 4.84. The van der Waals surface area contributed by atoms with Gasteiger partial charge < -0.3 is 10.0 Å². The van der Waals surface area contributed by atoms with E-state index in [1.165, 1.54) is 12.8 Å². The number of fused-ring (bicyclic) bond motifs is 2. The Hall–Kier alpha value is -0.570. The largest absolute Gasteiger partial charge is 0.388 e. The monoisotopic (exact) mass is 265 g/mol. The van der Waals surface area contributed by atoms with E-state index < -0.39 is 6.10 Å². The van der Waals surface area contributed by atoms with Crippen LogP contribution in [0.4, 0.5) is 0 Å². The molecular formula is C15H20ClNO. The number of aliphatic hydroxyl groups is 1. The Labute approximate surface area is 114 Å². The van der Waals surface area contributed by atoms with E-state index in [2.05, 4.69) is 11.9 Å². The Balaban J connectivity index is 1.78. The van der Waals surface area contributed by atoms with Crippen molar-refractivity contribution in [3.05, 3.63) is 34.9 Å². The molecule has 0 aromatic heterocycles. The second-order valence-corrected chi connectivity index (χ2v) is 6.16. The van der Waals surface area contributed by atoms with Crippen molar-refractivity contribution in [2.75, 3.05) is 7.05 Å². The molecule has 2 heterocycles. The van der Waals surface area contributed by atoms with Crippen molar-refractivity contribution in [3.8, 4) is 0 Å². The molecule has 2 aliphatic rings. The summed E-state index contributed by atoms with van der Waals surface area (Å²) in [5.74, 6) is 0.360. The van der Waals surface area contributed by atoms with Crippen molar-refractivity contribution in [3.63, 3.8) is 0 Å². The van der Waals surface area contributed by atoms with Crippen LogP contribution in [0.1, 0.15) is 37.4 Å². The molecule has 0 amide bonds. The van der Waals surface area contributed by atoms with E-state index in [-0.39, 0.29) is 0 Å². The SMILES string of the molecule is CN1C2CCC1CC(C(O)c1ccccc1Cl)C2. The molecule has 0 spiro atoms. The molecule has 2 aliphatic heterocycles. The van der Waals surface area contributed by atoms with Gasteiger partial charge >= 0.3 is 0 Å². The number of hydrogen-bond donors (Lipinski definition) is 1. The number of halogens is 1. The lowest BCUT2D eigenvalue weighted by molar-refractivity contribution is 0.0357. The molecule has 0 aliphatic carbocycles. The van der Waals surface area contributed by atoms with E-state index in [1.807, 2.05) is 24.3 Å². The van der Waals surface area contributed by atoms with Gasteiger partial charge in [-0.25, -0.2) is 0 Å². The molecule has 0 saturated carbocycles. The predicted octanol–water partition coefficient (Wildman–Crippen LogP) is 3.25. The van der Waals surface area contributed by atoms with Gasteiger partial charge in [-0.1, -0.05) is 29.8 Å². The Morgan fingerprint density at radius 1 is 1.22 bits per heavy atom. The van der Waals surface area contributed by atoms with Crippen LogP contribution in [-0.2, 0) is 0 Å². The summed E-state index contributed by atoms with van der Waals surface area (Å²) in [6.07, 6.45) is 4.36. The van der Waals surface area contributed by atoms with Gasteiger partial charge in [0.25, 0.3) is 0 Å². The Kier molecular flexibility index (Phi) is 3.35. The van der Waals surface area contributed by atoms with Crippen LogP contribution in [0, 0.1) is 5.92 Å². The summed E-state index contributed by atoms with van der Waals surface area (Å²) < 4.78 is 0. The average molecular weight is 266 g/mol.